The Morgan fingerprint density at radius 2 is 1.01 bits per heavy atom. The topological polar surface area (TPSA) is 178 Å². The van der Waals surface area contributed by atoms with Gasteiger partial charge in [-0.3, -0.25) is 9.35 Å². The minimum absolute atomic E-state index is 0.0222. The number of carbonyl (C=O) groups excluding carboxylic acids is 1. The molecule has 13 heteroatoms. The molecule has 68 heavy (non-hydrogen) atoms. The summed E-state index contributed by atoms with van der Waals surface area (Å²) >= 11 is 0. The van der Waals surface area contributed by atoms with Crippen LogP contribution in [-0.4, -0.2) is 97.5 Å². The molecule has 0 amide bonds. The summed E-state index contributed by atoms with van der Waals surface area (Å²) in [6, 6.07) is 0. The average molecular weight is 979 g/mol. The first-order valence-corrected chi connectivity index (χ1v) is 27.7. The largest absolute Gasteiger partial charge is 0.457 e. The van der Waals surface area contributed by atoms with Crippen LogP contribution in [0.1, 0.15) is 194 Å². The zero-order chi connectivity index (χ0) is 49.6. The van der Waals surface area contributed by atoms with Gasteiger partial charge in [-0.1, -0.05) is 182 Å². The van der Waals surface area contributed by atoms with Gasteiger partial charge in [0.15, 0.2) is 6.29 Å². The molecule has 392 valence electrons. The molecule has 12 nitrogen and oxygen atoms in total. The Balaban J connectivity index is 2.36. The third kappa shape index (κ3) is 38.1. The van der Waals surface area contributed by atoms with Crippen molar-refractivity contribution in [3.8, 4) is 0 Å². The maximum absolute atomic E-state index is 12.9. The second kappa shape index (κ2) is 45.4. The Hall–Kier alpha value is -2.72. The van der Waals surface area contributed by atoms with E-state index in [0.717, 1.165) is 89.9 Å². The van der Waals surface area contributed by atoms with Crippen molar-refractivity contribution in [2.24, 2.45) is 0 Å². The van der Waals surface area contributed by atoms with Crippen molar-refractivity contribution in [3.63, 3.8) is 0 Å². The normalized spacial score (nSPS) is 20.0. The van der Waals surface area contributed by atoms with E-state index >= 15 is 0 Å². The smallest absolute Gasteiger partial charge is 0.397 e. The molecule has 1 heterocycles. The summed E-state index contributed by atoms with van der Waals surface area (Å²) in [4.78, 5) is 12.9. The van der Waals surface area contributed by atoms with Crippen LogP contribution < -0.4 is 0 Å². The standard InChI is InChI=1S/C55H94O12S/c1-3-5-7-9-11-13-15-17-19-21-22-23-24-25-26-27-29-31-33-35-37-39-41-43-45-63-47-49(48-64-55-53(59)54(67-68(60,61)62)52(58)50(46-56)66-55)65-51(57)44-42-40-38-36-34-32-30-28-20-18-16-14-12-10-8-6-4-2/h5,7,11-14,17-20,22-23,25-26,49-50,52-56,58-59H,3-4,6,8-10,15-16,21,24,27-48H2,1-2H3,(H,60,61,62)/b7-5-,13-11-,14-12-,19-17-,20-18-,23-22-,26-25-. The number of allylic oxidation sites excluding steroid dienone is 14. The average Bonchev–Trinajstić information content (AvgIpc) is 3.31. The third-order valence-corrected chi connectivity index (χ3v) is 12.0. The maximum atomic E-state index is 12.9. The van der Waals surface area contributed by atoms with Crippen molar-refractivity contribution >= 4 is 16.4 Å². The molecule has 0 spiro atoms. The Morgan fingerprint density at radius 1 is 0.574 bits per heavy atom. The Kier molecular flexibility index (Phi) is 42.3. The van der Waals surface area contributed by atoms with Gasteiger partial charge in [-0.05, 0) is 89.9 Å². The highest BCUT2D eigenvalue weighted by Gasteiger charge is 2.48. The van der Waals surface area contributed by atoms with Crippen molar-refractivity contribution in [1.82, 2.24) is 0 Å². The van der Waals surface area contributed by atoms with Gasteiger partial charge in [0.25, 0.3) is 0 Å². The summed E-state index contributed by atoms with van der Waals surface area (Å²) in [5.74, 6) is -0.413. The lowest BCUT2D eigenvalue weighted by molar-refractivity contribution is -0.301. The van der Waals surface area contributed by atoms with E-state index < -0.39 is 59.8 Å². The number of hydrogen-bond acceptors (Lipinski definition) is 11. The quantitative estimate of drug-likeness (QED) is 0.0197. The van der Waals surface area contributed by atoms with Crippen LogP contribution in [0.5, 0.6) is 0 Å². The van der Waals surface area contributed by atoms with Crippen LogP contribution in [0.2, 0.25) is 0 Å². The molecule has 4 N–H and O–H groups in total. The maximum Gasteiger partial charge on any atom is 0.397 e. The van der Waals surface area contributed by atoms with Crippen molar-refractivity contribution in [3.05, 3.63) is 85.1 Å². The van der Waals surface area contributed by atoms with Gasteiger partial charge >= 0.3 is 16.4 Å². The van der Waals surface area contributed by atoms with Crippen LogP contribution in [0.15, 0.2) is 85.1 Å². The number of rotatable bonds is 45. The molecule has 1 rings (SSSR count). The van der Waals surface area contributed by atoms with Crippen LogP contribution in [-0.2, 0) is 38.3 Å². The first-order valence-electron chi connectivity index (χ1n) is 26.3. The van der Waals surface area contributed by atoms with Gasteiger partial charge in [0.2, 0.25) is 0 Å². The van der Waals surface area contributed by atoms with E-state index in [1.807, 2.05) is 0 Å². The molecule has 1 fully saturated rings. The summed E-state index contributed by atoms with van der Waals surface area (Å²) in [7, 11) is -5.07. The first-order chi connectivity index (χ1) is 33.1. The summed E-state index contributed by atoms with van der Waals surface area (Å²) in [5, 5.41) is 30.8. The molecule has 0 bridgehead atoms. The van der Waals surface area contributed by atoms with Crippen LogP contribution in [0, 0.1) is 0 Å². The lowest BCUT2D eigenvalue weighted by atomic mass is 9.99. The monoisotopic (exact) mass is 979 g/mol. The van der Waals surface area contributed by atoms with E-state index in [9.17, 15) is 33.1 Å². The molecular formula is C55H94O12S. The Bertz CT molecular complexity index is 1500. The van der Waals surface area contributed by atoms with E-state index in [2.05, 4.69) is 103 Å². The van der Waals surface area contributed by atoms with Gasteiger partial charge in [-0.15, -0.1) is 0 Å². The molecule has 0 aromatic rings. The summed E-state index contributed by atoms with van der Waals surface area (Å²) in [5.41, 5.74) is 0. The number of ether oxygens (including phenoxy) is 4. The Morgan fingerprint density at radius 3 is 1.49 bits per heavy atom. The van der Waals surface area contributed by atoms with E-state index in [-0.39, 0.29) is 19.6 Å². The molecular weight excluding hydrogens is 885 g/mol. The minimum Gasteiger partial charge on any atom is -0.457 e. The van der Waals surface area contributed by atoms with Crippen molar-refractivity contribution in [1.29, 1.82) is 0 Å². The predicted molar refractivity (Wildman–Crippen MR) is 275 cm³/mol. The van der Waals surface area contributed by atoms with E-state index in [1.165, 1.54) is 77.0 Å². The molecule has 1 aliphatic heterocycles. The first kappa shape index (κ1) is 63.3. The zero-order valence-corrected chi connectivity index (χ0v) is 43.0. The second-order valence-corrected chi connectivity index (χ2v) is 18.8. The summed E-state index contributed by atoms with van der Waals surface area (Å²) in [6.45, 7) is 3.82. The number of aliphatic hydroxyl groups is 3. The molecule has 0 saturated carbocycles. The number of esters is 1. The van der Waals surface area contributed by atoms with Gasteiger partial charge in [0, 0.05) is 13.0 Å². The van der Waals surface area contributed by atoms with Crippen LogP contribution in [0.3, 0.4) is 0 Å². The number of hydrogen-bond donors (Lipinski definition) is 4. The molecule has 0 radical (unpaired) electrons. The zero-order valence-electron chi connectivity index (χ0n) is 42.1. The van der Waals surface area contributed by atoms with Gasteiger partial charge in [-0.2, -0.15) is 8.42 Å². The fourth-order valence-corrected chi connectivity index (χ4v) is 8.06. The number of unbranched alkanes of at least 4 members (excludes halogenated alkanes) is 18. The van der Waals surface area contributed by atoms with E-state index in [0.29, 0.717) is 13.0 Å². The lowest BCUT2D eigenvalue weighted by Gasteiger charge is -2.41. The Labute approximate surface area is 413 Å². The molecule has 6 atom stereocenters. The lowest BCUT2D eigenvalue weighted by Crippen LogP contribution is -2.60. The second-order valence-electron chi connectivity index (χ2n) is 17.7. The van der Waals surface area contributed by atoms with Crippen molar-refractivity contribution < 1.29 is 56.2 Å². The van der Waals surface area contributed by atoms with Gasteiger partial charge in [0.05, 0.1) is 19.8 Å². The predicted octanol–water partition coefficient (Wildman–Crippen LogP) is 12.4. The van der Waals surface area contributed by atoms with E-state index in [1.54, 1.807) is 0 Å². The fraction of sp³-hybridized carbons (Fsp3) is 0.727. The molecule has 1 saturated heterocycles. The molecule has 0 aliphatic carbocycles. The highest BCUT2D eigenvalue weighted by molar-refractivity contribution is 7.80. The molecule has 0 aromatic heterocycles. The minimum atomic E-state index is -5.07. The van der Waals surface area contributed by atoms with Crippen LogP contribution in [0.4, 0.5) is 0 Å². The third-order valence-electron chi connectivity index (χ3n) is 11.5. The highest BCUT2D eigenvalue weighted by Crippen LogP contribution is 2.26. The molecule has 0 aromatic carbocycles. The van der Waals surface area contributed by atoms with Crippen molar-refractivity contribution in [2.75, 3.05) is 26.4 Å². The van der Waals surface area contributed by atoms with Gasteiger partial charge < -0.3 is 34.3 Å². The number of carbonyl (C=O) groups is 1. The fourth-order valence-electron chi connectivity index (χ4n) is 7.55. The van der Waals surface area contributed by atoms with Gasteiger partial charge in [-0.25, -0.2) is 4.18 Å². The summed E-state index contributed by atoms with van der Waals surface area (Å²) < 4.78 is 59.3. The summed E-state index contributed by atoms with van der Waals surface area (Å²) in [6.07, 6.45) is 51.8. The van der Waals surface area contributed by atoms with E-state index in [4.69, 9.17) is 18.9 Å². The van der Waals surface area contributed by atoms with Gasteiger partial charge in [0.1, 0.15) is 30.5 Å². The van der Waals surface area contributed by atoms with Crippen molar-refractivity contribution in [2.45, 2.75) is 230 Å². The highest BCUT2D eigenvalue weighted by atomic mass is 32.3. The molecule has 1 aliphatic rings. The van der Waals surface area contributed by atoms with Crippen LogP contribution in [0.25, 0.3) is 0 Å². The molecule has 6 unspecified atom stereocenters. The number of aliphatic hydroxyl groups excluding tert-OH is 3. The van der Waals surface area contributed by atoms with Crippen LogP contribution >= 0.6 is 0 Å². The SMILES string of the molecule is CC/C=C\C/C=C\C/C=C\C/C=C\C/C=C\CCCCCCCCCCOCC(COC1OC(CO)C(O)C(OS(=O)(=O)O)C1O)OC(=O)CCCCCCCCC/C=C\C/C=C\CCCCC.